The lowest BCUT2D eigenvalue weighted by molar-refractivity contribution is -0.122. The first kappa shape index (κ1) is 14.1. The maximum absolute atomic E-state index is 11.9. The van der Waals surface area contributed by atoms with E-state index in [-0.39, 0.29) is 5.91 Å². The predicted molar refractivity (Wildman–Crippen MR) is 73.4 cm³/mol. The predicted octanol–water partition coefficient (Wildman–Crippen LogP) is 3.21. The zero-order chi connectivity index (χ0) is 13.7. The van der Waals surface area contributed by atoms with Crippen LogP contribution < -0.4 is 5.32 Å². The number of aryl methyl sites for hydroxylation is 1. The highest BCUT2D eigenvalue weighted by molar-refractivity contribution is 5.76. The van der Waals surface area contributed by atoms with Crippen LogP contribution >= 0.6 is 0 Å². The minimum atomic E-state index is 0.124. The molecule has 1 aromatic rings. The van der Waals surface area contributed by atoms with E-state index in [0.717, 1.165) is 17.4 Å². The molecule has 1 aliphatic rings. The molecule has 1 heterocycles. The summed E-state index contributed by atoms with van der Waals surface area (Å²) in [6.45, 7) is 4.52. The van der Waals surface area contributed by atoms with Crippen molar-refractivity contribution in [1.29, 1.82) is 0 Å². The van der Waals surface area contributed by atoms with E-state index >= 15 is 0 Å². The number of carbonyl (C=O) groups is 1. The van der Waals surface area contributed by atoms with Crippen LogP contribution in [-0.2, 0) is 11.3 Å². The van der Waals surface area contributed by atoms with Crippen molar-refractivity contribution in [3.63, 3.8) is 0 Å². The molecule has 1 N–H and O–H groups in total. The SMILES string of the molecule is Cc1cc(CNC(=O)C[C@@H](C)C2CCCCC2)no1. The highest BCUT2D eigenvalue weighted by atomic mass is 16.5. The summed E-state index contributed by atoms with van der Waals surface area (Å²) in [5.74, 6) is 2.12. The summed E-state index contributed by atoms with van der Waals surface area (Å²) in [6.07, 6.45) is 7.22. The third kappa shape index (κ3) is 4.37. The highest BCUT2D eigenvalue weighted by Crippen LogP contribution is 2.31. The average Bonchev–Trinajstić information content (AvgIpc) is 2.83. The quantitative estimate of drug-likeness (QED) is 0.888. The summed E-state index contributed by atoms with van der Waals surface area (Å²) in [5.41, 5.74) is 0.788. The Bertz CT molecular complexity index is 408. The van der Waals surface area contributed by atoms with Crippen molar-refractivity contribution in [2.75, 3.05) is 0 Å². The average molecular weight is 264 g/mol. The molecule has 0 aromatic carbocycles. The molecule has 0 unspecified atom stereocenters. The van der Waals surface area contributed by atoms with Crippen LogP contribution in [0.4, 0.5) is 0 Å². The summed E-state index contributed by atoms with van der Waals surface area (Å²) in [6, 6.07) is 1.85. The molecule has 1 aliphatic carbocycles. The Hall–Kier alpha value is -1.32. The zero-order valence-corrected chi connectivity index (χ0v) is 11.9. The van der Waals surface area contributed by atoms with Crippen LogP contribution in [0.2, 0.25) is 0 Å². The van der Waals surface area contributed by atoms with Gasteiger partial charge in [-0.05, 0) is 18.8 Å². The first-order valence-electron chi connectivity index (χ1n) is 7.34. The number of nitrogens with zero attached hydrogens (tertiary/aromatic N) is 1. The Kier molecular flexibility index (Phi) is 5.00. The number of rotatable bonds is 5. The molecular formula is C15H24N2O2. The maximum atomic E-state index is 11.9. The van der Waals surface area contributed by atoms with E-state index in [9.17, 15) is 4.79 Å². The monoisotopic (exact) mass is 264 g/mol. The highest BCUT2D eigenvalue weighted by Gasteiger charge is 2.22. The Morgan fingerprint density at radius 1 is 1.47 bits per heavy atom. The van der Waals surface area contributed by atoms with Gasteiger partial charge in [0.2, 0.25) is 5.91 Å². The molecule has 4 heteroatoms. The molecule has 1 saturated carbocycles. The lowest BCUT2D eigenvalue weighted by atomic mass is 9.79. The lowest BCUT2D eigenvalue weighted by Crippen LogP contribution is -2.27. The van der Waals surface area contributed by atoms with Gasteiger partial charge in [0.15, 0.2) is 0 Å². The van der Waals surface area contributed by atoms with Gasteiger partial charge in [-0.2, -0.15) is 0 Å². The van der Waals surface area contributed by atoms with Gasteiger partial charge in [-0.15, -0.1) is 0 Å². The van der Waals surface area contributed by atoms with Crippen molar-refractivity contribution < 1.29 is 9.32 Å². The summed E-state index contributed by atoms with van der Waals surface area (Å²) >= 11 is 0. The number of hydrogen-bond donors (Lipinski definition) is 1. The van der Waals surface area contributed by atoms with Gasteiger partial charge < -0.3 is 9.84 Å². The van der Waals surface area contributed by atoms with Crippen LogP contribution in [0.3, 0.4) is 0 Å². The lowest BCUT2D eigenvalue weighted by Gasteiger charge is -2.27. The van der Waals surface area contributed by atoms with E-state index < -0.39 is 0 Å². The first-order chi connectivity index (χ1) is 9.15. The molecule has 1 amide bonds. The molecule has 1 fully saturated rings. The molecule has 1 aromatic heterocycles. The van der Waals surface area contributed by atoms with Crippen molar-refractivity contribution in [3.05, 3.63) is 17.5 Å². The molecule has 0 spiro atoms. The molecule has 0 saturated heterocycles. The van der Waals surface area contributed by atoms with Crippen molar-refractivity contribution in [2.24, 2.45) is 11.8 Å². The third-order valence-corrected chi connectivity index (χ3v) is 4.11. The van der Waals surface area contributed by atoms with Gasteiger partial charge in [0, 0.05) is 12.5 Å². The van der Waals surface area contributed by atoms with Gasteiger partial charge in [-0.25, -0.2) is 0 Å². The summed E-state index contributed by atoms with van der Waals surface area (Å²) in [5, 5.41) is 6.79. The second-order valence-electron chi connectivity index (χ2n) is 5.79. The second kappa shape index (κ2) is 6.73. The van der Waals surface area contributed by atoms with Crippen LogP contribution in [0.25, 0.3) is 0 Å². The summed E-state index contributed by atoms with van der Waals surface area (Å²) in [4.78, 5) is 11.9. The number of amides is 1. The van der Waals surface area contributed by atoms with Gasteiger partial charge in [-0.1, -0.05) is 44.2 Å². The van der Waals surface area contributed by atoms with Crippen molar-refractivity contribution >= 4 is 5.91 Å². The van der Waals surface area contributed by atoms with E-state index in [1.54, 1.807) is 0 Å². The minimum absolute atomic E-state index is 0.124. The van der Waals surface area contributed by atoms with Gasteiger partial charge in [0.05, 0.1) is 6.54 Å². The standard InChI is InChI=1S/C15H24N2O2/c1-11(13-6-4-3-5-7-13)8-15(18)16-10-14-9-12(2)19-17-14/h9,11,13H,3-8,10H2,1-2H3,(H,16,18)/t11-/m1/s1. The van der Waals surface area contributed by atoms with E-state index in [1.165, 1.54) is 32.1 Å². The fraction of sp³-hybridized carbons (Fsp3) is 0.733. The third-order valence-electron chi connectivity index (χ3n) is 4.11. The summed E-state index contributed by atoms with van der Waals surface area (Å²) < 4.78 is 4.97. The molecule has 1 atom stereocenters. The van der Waals surface area contributed by atoms with E-state index in [1.807, 2.05) is 13.0 Å². The van der Waals surface area contributed by atoms with Crippen LogP contribution in [0, 0.1) is 18.8 Å². The van der Waals surface area contributed by atoms with Gasteiger partial charge in [0.1, 0.15) is 11.5 Å². The van der Waals surface area contributed by atoms with E-state index in [4.69, 9.17) is 4.52 Å². The topological polar surface area (TPSA) is 55.1 Å². The molecule has 2 rings (SSSR count). The van der Waals surface area contributed by atoms with Crippen molar-refractivity contribution in [3.8, 4) is 0 Å². The Morgan fingerprint density at radius 3 is 2.84 bits per heavy atom. The summed E-state index contributed by atoms with van der Waals surface area (Å²) in [7, 11) is 0. The van der Waals surface area contributed by atoms with Crippen LogP contribution in [-0.4, -0.2) is 11.1 Å². The number of carbonyl (C=O) groups excluding carboxylic acids is 1. The molecule has 4 nitrogen and oxygen atoms in total. The smallest absolute Gasteiger partial charge is 0.220 e. The number of hydrogen-bond acceptors (Lipinski definition) is 3. The fourth-order valence-electron chi connectivity index (χ4n) is 2.92. The van der Waals surface area contributed by atoms with Crippen molar-refractivity contribution in [1.82, 2.24) is 10.5 Å². The Balaban J connectivity index is 1.71. The molecule has 106 valence electrons. The molecular weight excluding hydrogens is 240 g/mol. The molecule has 0 radical (unpaired) electrons. The first-order valence-corrected chi connectivity index (χ1v) is 7.34. The normalized spacial score (nSPS) is 18.2. The zero-order valence-electron chi connectivity index (χ0n) is 11.9. The number of nitrogens with one attached hydrogen (secondary N) is 1. The molecule has 0 bridgehead atoms. The van der Waals surface area contributed by atoms with Crippen molar-refractivity contribution in [2.45, 2.75) is 58.9 Å². The van der Waals surface area contributed by atoms with Crippen LogP contribution in [0.5, 0.6) is 0 Å². The Labute approximate surface area is 114 Å². The van der Waals surface area contributed by atoms with Gasteiger partial charge in [0.25, 0.3) is 0 Å². The van der Waals surface area contributed by atoms with Crippen LogP contribution in [0.15, 0.2) is 10.6 Å². The molecule has 0 aliphatic heterocycles. The van der Waals surface area contributed by atoms with Gasteiger partial charge in [-0.3, -0.25) is 4.79 Å². The second-order valence-corrected chi connectivity index (χ2v) is 5.79. The van der Waals surface area contributed by atoms with Crippen LogP contribution in [0.1, 0.15) is 56.9 Å². The fourth-order valence-corrected chi connectivity index (χ4v) is 2.92. The minimum Gasteiger partial charge on any atom is -0.361 e. The number of aromatic nitrogens is 1. The van der Waals surface area contributed by atoms with E-state index in [0.29, 0.717) is 18.9 Å². The van der Waals surface area contributed by atoms with Gasteiger partial charge >= 0.3 is 0 Å². The maximum Gasteiger partial charge on any atom is 0.220 e. The van der Waals surface area contributed by atoms with E-state index in [2.05, 4.69) is 17.4 Å². The largest absolute Gasteiger partial charge is 0.361 e. The Morgan fingerprint density at radius 2 is 2.21 bits per heavy atom. The molecule has 19 heavy (non-hydrogen) atoms.